The molecule has 0 saturated carbocycles. The first-order valence-electron chi connectivity index (χ1n) is 7.43. The summed E-state index contributed by atoms with van der Waals surface area (Å²) in [4.78, 5) is 18.0. The number of pyridine rings is 1. The summed E-state index contributed by atoms with van der Waals surface area (Å²) in [6, 6.07) is 6.28. The Balaban J connectivity index is 1.82. The number of carbonyl (C=O) groups is 1. The van der Waals surface area contributed by atoms with E-state index in [4.69, 9.17) is 16.3 Å². The summed E-state index contributed by atoms with van der Waals surface area (Å²) in [5.74, 6) is -0.760. The molecule has 0 saturated heterocycles. The van der Waals surface area contributed by atoms with Crippen LogP contribution in [0.4, 0.5) is 10.1 Å². The van der Waals surface area contributed by atoms with Crippen LogP contribution in [-0.4, -0.2) is 24.1 Å². The lowest BCUT2D eigenvalue weighted by Gasteiger charge is -2.30. The lowest BCUT2D eigenvalue weighted by molar-refractivity contribution is 0.0519. The molecule has 3 rings (SSSR count). The molecular formula is C17H16ClFN2O2. The number of hydrogen-bond donors (Lipinski definition) is 0. The van der Waals surface area contributed by atoms with Crippen LogP contribution >= 0.6 is 11.6 Å². The maximum absolute atomic E-state index is 13.5. The fraction of sp³-hybridized carbons (Fsp3) is 0.294. The fourth-order valence-corrected chi connectivity index (χ4v) is 2.92. The van der Waals surface area contributed by atoms with Gasteiger partial charge in [-0.05, 0) is 48.7 Å². The molecule has 0 spiro atoms. The minimum absolute atomic E-state index is 0.325. The highest BCUT2D eigenvalue weighted by Gasteiger charge is 2.20. The van der Waals surface area contributed by atoms with Gasteiger partial charge in [0.25, 0.3) is 0 Å². The van der Waals surface area contributed by atoms with Gasteiger partial charge in [0.2, 0.25) is 0 Å². The molecule has 0 N–H and O–H groups in total. The molecule has 0 unspecified atom stereocenters. The lowest BCUT2D eigenvalue weighted by Crippen LogP contribution is -2.30. The van der Waals surface area contributed by atoms with Gasteiger partial charge in [-0.15, -0.1) is 0 Å². The molecule has 2 heterocycles. The van der Waals surface area contributed by atoms with Crippen molar-refractivity contribution in [3.63, 3.8) is 0 Å². The summed E-state index contributed by atoms with van der Waals surface area (Å²) in [7, 11) is 0. The molecule has 1 aromatic heterocycles. The number of esters is 1. The van der Waals surface area contributed by atoms with Crippen molar-refractivity contribution in [2.75, 3.05) is 18.1 Å². The van der Waals surface area contributed by atoms with Crippen molar-refractivity contribution in [3.8, 4) is 0 Å². The highest BCUT2D eigenvalue weighted by molar-refractivity contribution is 6.30. The van der Waals surface area contributed by atoms with Crippen LogP contribution in [0.5, 0.6) is 0 Å². The van der Waals surface area contributed by atoms with Gasteiger partial charge < -0.3 is 9.64 Å². The molecule has 1 aromatic carbocycles. The molecule has 6 heteroatoms. The van der Waals surface area contributed by atoms with Gasteiger partial charge in [-0.3, -0.25) is 0 Å². The smallest absolute Gasteiger partial charge is 0.356 e. The van der Waals surface area contributed by atoms with E-state index in [1.54, 1.807) is 25.3 Å². The SMILES string of the molecule is CCOC(=O)c1cc2c(cn1)CN(c1cc(F)cc(Cl)c1)CC2. The van der Waals surface area contributed by atoms with Gasteiger partial charge in [0.05, 0.1) is 6.61 Å². The van der Waals surface area contributed by atoms with E-state index in [2.05, 4.69) is 4.98 Å². The second-order valence-electron chi connectivity index (χ2n) is 5.36. The van der Waals surface area contributed by atoms with E-state index < -0.39 is 5.97 Å². The molecule has 0 bridgehead atoms. The topological polar surface area (TPSA) is 42.4 Å². The van der Waals surface area contributed by atoms with Crippen molar-refractivity contribution < 1.29 is 13.9 Å². The maximum atomic E-state index is 13.5. The Kier molecular flexibility index (Phi) is 4.48. The minimum atomic E-state index is -0.408. The molecule has 0 amide bonds. The number of fused-ring (bicyclic) bond motifs is 1. The van der Waals surface area contributed by atoms with Crippen molar-refractivity contribution in [2.24, 2.45) is 0 Å². The van der Waals surface area contributed by atoms with Crippen molar-refractivity contribution in [1.29, 1.82) is 0 Å². The number of anilines is 1. The largest absolute Gasteiger partial charge is 0.461 e. The van der Waals surface area contributed by atoms with Crippen LogP contribution in [0.2, 0.25) is 5.02 Å². The molecule has 1 aliphatic rings. The van der Waals surface area contributed by atoms with Crippen LogP contribution in [0.15, 0.2) is 30.5 Å². The molecule has 4 nitrogen and oxygen atoms in total. The van der Waals surface area contributed by atoms with E-state index in [1.807, 2.05) is 4.90 Å². The molecule has 1 aliphatic heterocycles. The molecular weight excluding hydrogens is 319 g/mol. The highest BCUT2D eigenvalue weighted by Crippen LogP contribution is 2.27. The molecule has 0 radical (unpaired) electrons. The first-order valence-corrected chi connectivity index (χ1v) is 7.80. The van der Waals surface area contributed by atoms with Gasteiger partial charge in [-0.25, -0.2) is 14.2 Å². The lowest BCUT2D eigenvalue weighted by atomic mass is 10.0. The summed E-state index contributed by atoms with van der Waals surface area (Å²) >= 11 is 5.92. The zero-order valence-corrected chi connectivity index (χ0v) is 13.4. The van der Waals surface area contributed by atoms with Crippen LogP contribution < -0.4 is 4.90 Å². The summed E-state index contributed by atoms with van der Waals surface area (Å²) in [5.41, 5.74) is 3.16. The number of rotatable bonds is 3. The fourth-order valence-electron chi connectivity index (χ4n) is 2.70. The van der Waals surface area contributed by atoms with E-state index in [9.17, 15) is 9.18 Å². The third-order valence-corrected chi connectivity index (χ3v) is 4.01. The number of carbonyl (C=O) groups excluding carboxylic acids is 1. The molecule has 23 heavy (non-hydrogen) atoms. The number of benzene rings is 1. The summed E-state index contributed by atoms with van der Waals surface area (Å²) in [6.07, 6.45) is 2.44. The third-order valence-electron chi connectivity index (χ3n) is 3.79. The Morgan fingerprint density at radius 1 is 1.35 bits per heavy atom. The summed E-state index contributed by atoms with van der Waals surface area (Å²) in [5, 5.41) is 0.376. The van der Waals surface area contributed by atoms with Crippen molar-refractivity contribution >= 4 is 23.3 Å². The number of halogens is 2. The number of nitrogens with zero attached hydrogens (tertiary/aromatic N) is 2. The standard InChI is InChI=1S/C17H16ClFN2O2/c1-2-23-17(22)16-5-11-3-4-21(10-12(11)9-20-16)15-7-13(18)6-14(19)8-15/h5-9H,2-4,10H2,1H3. The number of aromatic nitrogens is 1. The average molecular weight is 335 g/mol. The van der Waals surface area contributed by atoms with Gasteiger partial charge in [0.1, 0.15) is 11.5 Å². The molecule has 0 atom stereocenters. The van der Waals surface area contributed by atoms with Crippen LogP contribution in [-0.2, 0) is 17.7 Å². The van der Waals surface area contributed by atoms with Gasteiger partial charge in [0, 0.05) is 30.0 Å². The Morgan fingerprint density at radius 2 is 2.17 bits per heavy atom. The van der Waals surface area contributed by atoms with Crippen molar-refractivity contribution in [3.05, 3.63) is 58.1 Å². The van der Waals surface area contributed by atoms with Crippen LogP contribution in [0, 0.1) is 5.82 Å². The van der Waals surface area contributed by atoms with Gasteiger partial charge in [0.15, 0.2) is 0 Å². The van der Waals surface area contributed by atoms with Crippen LogP contribution in [0.25, 0.3) is 0 Å². The summed E-state index contributed by atoms with van der Waals surface area (Å²) < 4.78 is 18.5. The normalized spacial score (nSPS) is 13.6. The Labute approximate surface area is 138 Å². The van der Waals surface area contributed by atoms with E-state index in [0.717, 1.165) is 29.8 Å². The maximum Gasteiger partial charge on any atom is 0.356 e. The summed E-state index contributed by atoms with van der Waals surface area (Å²) in [6.45, 7) is 3.41. The number of ether oxygens (including phenoxy) is 1. The zero-order valence-electron chi connectivity index (χ0n) is 12.7. The van der Waals surface area contributed by atoms with E-state index in [0.29, 0.717) is 23.9 Å². The third kappa shape index (κ3) is 3.45. The second-order valence-corrected chi connectivity index (χ2v) is 5.79. The quantitative estimate of drug-likeness (QED) is 0.804. The highest BCUT2D eigenvalue weighted by atomic mass is 35.5. The molecule has 0 aliphatic carbocycles. The van der Waals surface area contributed by atoms with Crippen molar-refractivity contribution in [1.82, 2.24) is 4.98 Å². The van der Waals surface area contributed by atoms with E-state index in [-0.39, 0.29) is 5.82 Å². The average Bonchev–Trinajstić information content (AvgIpc) is 2.53. The van der Waals surface area contributed by atoms with Crippen molar-refractivity contribution in [2.45, 2.75) is 19.9 Å². The molecule has 0 fully saturated rings. The van der Waals surface area contributed by atoms with E-state index >= 15 is 0 Å². The second kappa shape index (κ2) is 6.54. The minimum Gasteiger partial charge on any atom is -0.461 e. The Morgan fingerprint density at radius 3 is 2.91 bits per heavy atom. The monoisotopic (exact) mass is 334 g/mol. The van der Waals surface area contributed by atoms with E-state index in [1.165, 1.54) is 12.1 Å². The molecule has 120 valence electrons. The first-order chi connectivity index (χ1) is 11.1. The number of hydrogen-bond acceptors (Lipinski definition) is 4. The first kappa shape index (κ1) is 15.7. The van der Waals surface area contributed by atoms with Gasteiger partial charge >= 0.3 is 5.97 Å². The predicted octanol–water partition coefficient (Wildman–Crippen LogP) is 3.61. The van der Waals surface area contributed by atoms with Gasteiger partial charge in [-0.2, -0.15) is 0 Å². The Bertz CT molecular complexity index is 731. The van der Waals surface area contributed by atoms with Crippen LogP contribution in [0.1, 0.15) is 28.5 Å². The molecule has 2 aromatic rings. The zero-order chi connectivity index (χ0) is 16.4. The van der Waals surface area contributed by atoms with Crippen LogP contribution in [0.3, 0.4) is 0 Å². The predicted molar refractivity (Wildman–Crippen MR) is 86.4 cm³/mol. The Hall–Kier alpha value is -2.14. The van der Waals surface area contributed by atoms with Gasteiger partial charge in [-0.1, -0.05) is 11.6 Å².